The Labute approximate surface area is 189 Å². The van der Waals surface area contributed by atoms with Crippen molar-refractivity contribution in [2.75, 3.05) is 25.5 Å². The summed E-state index contributed by atoms with van der Waals surface area (Å²) in [6.45, 7) is 5.44. The fraction of sp³-hybridized carbons (Fsp3) is 0.400. The van der Waals surface area contributed by atoms with Gasteiger partial charge in [0.1, 0.15) is 11.8 Å². The molecule has 2 aromatic carbocycles. The van der Waals surface area contributed by atoms with Crippen LogP contribution in [0.15, 0.2) is 48.5 Å². The van der Waals surface area contributed by atoms with E-state index in [0.29, 0.717) is 22.6 Å². The lowest BCUT2D eigenvalue weighted by Crippen LogP contribution is -2.51. The molecule has 1 fully saturated rings. The van der Waals surface area contributed by atoms with Crippen molar-refractivity contribution in [3.63, 3.8) is 0 Å². The number of amides is 3. The molecule has 2 atom stereocenters. The van der Waals surface area contributed by atoms with Crippen LogP contribution >= 0.6 is 0 Å². The van der Waals surface area contributed by atoms with Gasteiger partial charge in [-0.05, 0) is 55.2 Å². The molecular weight excluding hydrogens is 406 g/mol. The largest absolute Gasteiger partial charge is 0.497 e. The second-order valence-electron chi connectivity index (χ2n) is 8.10. The zero-order valence-electron chi connectivity index (χ0n) is 18.9. The monoisotopic (exact) mass is 437 g/mol. The van der Waals surface area contributed by atoms with Gasteiger partial charge in [-0.2, -0.15) is 0 Å². The summed E-state index contributed by atoms with van der Waals surface area (Å²) in [5.74, 6) is -0.105. The molecule has 32 heavy (non-hydrogen) atoms. The lowest BCUT2D eigenvalue weighted by molar-refractivity contribution is -0.133. The lowest BCUT2D eigenvalue weighted by atomic mass is 9.97. The highest BCUT2D eigenvalue weighted by Crippen LogP contribution is 2.20. The quantitative estimate of drug-likeness (QED) is 0.659. The van der Waals surface area contributed by atoms with Gasteiger partial charge >= 0.3 is 0 Å². The first kappa shape index (κ1) is 23.3. The summed E-state index contributed by atoms with van der Waals surface area (Å²) < 4.78 is 5.12. The maximum atomic E-state index is 13.2. The van der Waals surface area contributed by atoms with Gasteiger partial charge in [0.25, 0.3) is 11.8 Å². The molecule has 0 bridgehead atoms. The number of nitrogens with zero attached hydrogens (tertiary/aromatic N) is 1. The summed E-state index contributed by atoms with van der Waals surface area (Å²) in [5.41, 5.74) is 1.15. The minimum absolute atomic E-state index is 0.00639. The third-order valence-electron chi connectivity index (χ3n) is 5.96. The Balaban J connectivity index is 1.77. The number of anilines is 1. The molecule has 1 heterocycles. The average molecular weight is 438 g/mol. The number of carbonyl (C=O) groups is 3. The van der Waals surface area contributed by atoms with Crippen molar-refractivity contribution in [2.24, 2.45) is 5.92 Å². The molecule has 0 radical (unpaired) electrons. The van der Waals surface area contributed by atoms with E-state index in [4.69, 9.17) is 4.74 Å². The van der Waals surface area contributed by atoms with Crippen LogP contribution in [0, 0.1) is 5.92 Å². The minimum Gasteiger partial charge on any atom is -0.497 e. The van der Waals surface area contributed by atoms with Crippen LogP contribution in [-0.2, 0) is 4.79 Å². The van der Waals surface area contributed by atoms with E-state index >= 15 is 0 Å². The molecule has 7 heteroatoms. The van der Waals surface area contributed by atoms with Crippen molar-refractivity contribution in [1.82, 2.24) is 10.2 Å². The van der Waals surface area contributed by atoms with Crippen molar-refractivity contribution >= 4 is 23.4 Å². The highest BCUT2D eigenvalue weighted by molar-refractivity contribution is 6.09. The second kappa shape index (κ2) is 10.8. The SMILES string of the molecule is CCC(C)C(NC(=O)c1ccccc1NC(=O)c1ccc(OC)cc1)C(=O)N1CCCC1. The summed E-state index contributed by atoms with van der Waals surface area (Å²) in [6.07, 6.45) is 2.75. The van der Waals surface area contributed by atoms with Crippen LogP contribution in [0.25, 0.3) is 0 Å². The predicted molar refractivity (Wildman–Crippen MR) is 124 cm³/mol. The van der Waals surface area contributed by atoms with Gasteiger partial charge in [-0.25, -0.2) is 0 Å². The molecule has 7 nitrogen and oxygen atoms in total. The summed E-state index contributed by atoms with van der Waals surface area (Å²) in [5, 5.41) is 5.74. The zero-order valence-corrected chi connectivity index (χ0v) is 18.9. The molecule has 2 N–H and O–H groups in total. The first-order valence-corrected chi connectivity index (χ1v) is 11.1. The van der Waals surface area contributed by atoms with Crippen LogP contribution in [0.2, 0.25) is 0 Å². The number of nitrogens with one attached hydrogen (secondary N) is 2. The van der Waals surface area contributed by atoms with Crippen molar-refractivity contribution in [2.45, 2.75) is 39.2 Å². The van der Waals surface area contributed by atoms with Crippen molar-refractivity contribution in [3.8, 4) is 5.75 Å². The lowest BCUT2D eigenvalue weighted by Gasteiger charge is -2.28. The summed E-state index contributed by atoms with van der Waals surface area (Å²) in [7, 11) is 1.56. The Morgan fingerprint density at radius 1 is 1.00 bits per heavy atom. The number of methoxy groups -OCH3 is 1. The fourth-order valence-corrected chi connectivity index (χ4v) is 3.76. The topological polar surface area (TPSA) is 87.7 Å². The number of hydrogen-bond donors (Lipinski definition) is 2. The number of likely N-dealkylation sites (tertiary alicyclic amines) is 1. The fourth-order valence-electron chi connectivity index (χ4n) is 3.76. The number of rotatable bonds is 8. The number of para-hydroxylation sites is 1. The summed E-state index contributed by atoms with van der Waals surface area (Å²) in [4.78, 5) is 40.7. The van der Waals surface area contributed by atoms with E-state index < -0.39 is 6.04 Å². The molecule has 0 spiro atoms. The summed E-state index contributed by atoms with van der Waals surface area (Å²) >= 11 is 0. The van der Waals surface area contributed by atoms with Crippen molar-refractivity contribution in [1.29, 1.82) is 0 Å². The van der Waals surface area contributed by atoms with E-state index in [-0.39, 0.29) is 23.6 Å². The minimum atomic E-state index is -0.601. The van der Waals surface area contributed by atoms with E-state index in [1.807, 2.05) is 18.7 Å². The molecule has 170 valence electrons. The van der Waals surface area contributed by atoms with E-state index in [1.165, 1.54) is 0 Å². The Bertz CT molecular complexity index is 952. The molecule has 2 aromatic rings. The van der Waals surface area contributed by atoms with Crippen LogP contribution in [0.1, 0.15) is 53.8 Å². The van der Waals surface area contributed by atoms with E-state index in [2.05, 4.69) is 10.6 Å². The standard InChI is InChI=1S/C25H31N3O4/c1-4-17(2)22(25(31)28-15-7-8-16-28)27-24(30)20-9-5-6-10-21(20)26-23(29)18-11-13-19(32-3)14-12-18/h5-6,9-14,17,22H,4,7-8,15-16H2,1-3H3,(H,26,29)(H,27,30). The van der Waals surface area contributed by atoms with Crippen molar-refractivity contribution < 1.29 is 19.1 Å². The molecule has 1 saturated heterocycles. The second-order valence-corrected chi connectivity index (χ2v) is 8.10. The normalized spacial score (nSPS) is 15.0. The molecule has 0 aromatic heterocycles. The highest BCUT2D eigenvalue weighted by atomic mass is 16.5. The maximum absolute atomic E-state index is 13.2. The Morgan fingerprint density at radius 3 is 2.28 bits per heavy atom. The Kier molecular flexibility index (Phi) is 7.87. The van der Waals surface area contributed by atoms with Crippen LogP contribution in [-0.4, -0.2) is 48.9 Å². The number of carbonyl (C=O) groups excluding carboxylic acids is 3. The van der Waals surface area contributed by atoms with E-state index in [9.17, 15) is 14.4 Å². The van der Waals surface area contributed by atoms with Gasteiger partial charge in [-0.1, -0.05) is 32.4 Å². The van der Waals surface area contributed by atoms with Gasteiger partial charge in [-0.3, -0.25) is 14.4 Å². The van der Waals surface area contributed by atoms with E-state index in [1.54, 1.807) is 55.6 Å². The third-order valence-corrected chi connectivity index (χ3v) is 5.96. The molecule has 1 aliphatic rings. The molecule has 3 amide bonds. The average Bonchev–Trinajstić information content (AvgIpc) is 3.37. The van der Waals surface area contributed by atoms with E-state index in [0.717, 1.165) is 32.4 Å². The smallest absolute Gasteiger partial charge is 0.255 e. The molecule has 0 aliphatic carbocycles. The number of ether oxygens (including phenoxy) is 1. The Morgan fingerprint density at radius 2 is 1.66 bits per heavy atom. The molecule has 1 aliphatic heterocycles. The van der Waals surface area contributed by atoms with Gasteiger partial charge in [-0.15, -0.1) is 0 Å². The summed E-state index contributed by atoms with van der Waals surface area (Å²) in [6, 6.07) is 12.9. The van der Waals surface area contributed by atoms with Gasteiger partial charge in [0, 0.05) is 18.7 Å². The number of benzene rings is 2. The number of hydrogen-bond acceptors (Lipinski definition) is 4. The van der Waals surface area contributed by atoms with Crippen LogP contribution in [0.5, 0.6) is 5.75 Å². The van der Waals surface area contributed by atoms with Crippen LogP contribution < -0.4 is 15.4 Å². The third kappa shape index (κ3) is 5.46. The molecule has 3 rings (SSSR count). The molecule has 2 unspecified atom stereocenters. The first-order chi connectivity index (χ1) is 15.4. The zero-order chi connectivity index (χ0) is 23.1. The molecule has 0 saturated carbocycles. The van der Waals surface area contributed by atoms with Crippen LogP contribution in [0.3, 0.4) is 0 Å². The first-order valence-electron chi connectivity index (χ1n) is 11.1. The van der Waals surface area contributed by atoms with Gasteiger partial charge in [0.2, 0.25) is 5.91 Å². The van der Waals surface area contributed by atoms with Gasteiger partial charge in [0.15, 0.2) is 0 Å². The van der Waals surface area contributed by atoms with Crippen LogP contribution in [0.4, 0.5) is 5.69 Å². The Hall–Kier alpha value is -3.35. The maximum Gasteiger partial charge on any atom is 0.255 e. The van der Waals surface area contributed by atoms with Crippen molar-refractivity contribution in [3.05, 3.63) is 59.7 Å². The highest BCUT2D eigenvalue weighted by Gasteiger charge is 2.32. The van der Waals surface area contributed by atoms with Gasteiger partial charge in [0.05, 0.1) is 18.4 Å². The van der Waals surface area contributed by atoms with Gasteiger partial charge < -0.3 is 20.3 Å². The molecular formula is C25H31N3O4. The predicted octanol–water partition coefficient (Wildman–Crippen LogP) is 3.71.